The Balaban J connectivity index is 1.14. The highest BCUT2D eigenvalue weighted by atomic mass is 15.1. The average molecular weight is 862 g/mol. The van der Waals surface area contributed by atoms with Crippen molar-refractivity contribution >= 4 is 49.4 Å². The number of nitrogens with zero attached hydrogens (tertiary/aromatic N) is 1. The van der Waals surface area contributed by atoms with Crippen molar-refractivity contribution in [1.82, 2.24) is 0 Å². The van der Waals surface area contributed by atoms with Crippen LogP contribution in [0, 0.1) is 0 Å². The summed E-state index contributed by atoms with van der Waals surface area (Å²) in [7, 11) is 0. The van der Waals surface area contributed by atoms with Crippen LogP contribution in [0.2, 0.25) is 0 Å². The Kier molecular flexibility index (Phi) is 8.57. The fraction of sp³-hybridized carbons (Fsp3) is 0.0149. The van der Waals surface area contributed by atoms with E-state index in [0.717, 1.165) is 28.2 Å². The van der Waals surface area contributed by atoms with Crippen molar-refractivity contribution in [1.29, 1.82) is 0 Å². The quantitative estimate of drug-likeness (QED) is 0.151. The minimum absolute atomic E-state index is 0.526. The van der Waals surface area contributed by atoms with Crippen LogP contribution >= 0.6 is 0 Å². The first-order valence-corrected chi connectivity index (χ1v) is 23.7. The molecule has 0 radical (unpaired) electrons. The number of hydrogen-bond donors (Lipinski definition) is 0. The molecule has 0 bridgehead atoms. The van der Waals surface area contributed by atoms with Crippen molar-refractivity contribution in [2.45, 2.75) is 5.41 Å². The smallest absolute Gasteiger partial charge is 0.0726 e. The molecule has 316 valence electrons. The van der Waals surface area contributed by atoms with E-state index in [1.807, 2.05) is 0 Å². The van der Waals surface area contributed by atoms with Gasteiger partial charge in [-0.1, -0.05) is 224 Å². The lowest BCUT2D eigenvalue weighted by molar-refractivity contribution is 0.794. The molecule has 12 aromatic rings. The monoisotopic (exact) mass is 861 g/mol. The zero-order valence-corrected chi connectivity index (χ0v) is 37.3. The molecule has 12 aromatic carbocycles. The second-order valence-electron chi connectivity index (χ2n) is 18.3. The van der Waals surface area contributed by atoms with Gasteiger partial charge in [0.1, 0.15) is 0 Å². The van der Waals surface area contributed by atoms with E-state index in [4.69, 9.17) is 0 Å². The second-order valence-corrected chi connectivity index (χ2v) is 18.3. The Bertz CT molecular complexity index is 3900. The molecule has 0 atom stereocenters. The van der Waals surface area contributed by atoms with Crippen molar-refractivity contribution in [2.24, 2.45) is 0 Å². The first-order chi connectivity index (χ1) is 33.8. The second kappa shape index (κ2) is 15.1. The number of benzene rings is 12. The zero-order valence-electron chi connectivity index (χ0n) is 37.3. The van der Waals surface area contributed by atoms with Crippen LogP contribution in [0.25, 0.3) is 88.0 Å². The van der Waals surface area contributed by atoms with E-state index in [-0.39, 0.29) is 0 Å². The maximum absolute atomic E-state index is 2.57. The van der Waals surface area contributed by atoms with E-state index in [1.165, 1.54) is 99.1 Å². The lowest BCUT2D eigenvalue weighted by Crippen LogP contribution is -2.26. The number of para-hydroxylation sites is 1. The van der Waals surface area contributed by atoms with Gasteiger partial charge in [0, 0.05) is 16.8 Å². The zero-order chi connectivity index (χ0) is 44.8. The van der Waals surface area contributed by atoms with Gasteiger partial charge in [0.15, 0.2) is 0 Å². The van der Waals surface area contributed by atoms with Gasteiger partial charge < -0.3 is 4.90 Å². The number of hydrogen-bond acceptors (Lipinski definition) is 1. The maximum Gasteiger partial charge on any atom is 0.0726 e. The highest BCUT2D eigenvalue weighted by molar-refractivity contribution is 6.26. The van der Waals surface area contributed by atoms with E-state index >= 15 is 0 Å². The molecule has 2 aliphatic rings. The predicted octanol–water partition coefficient (Wildman–Crippen LogP) is 18.0. The number of anilines is 3. The first kappa shape index (κ1) is 38.5. The van der Waals surface area contributed by atoms with Gasteiger partial charge in [0.25, 0.3) is 0 Å². The Hall–Kier alpha value is -8.78. The van der Waals surface area contributed by atoms with Gasteiger partial charge in [-0.25, -0.2) is 0 Å². The molecular formula is C67H43N. The van der Waals surface area contributed by atoms with Crippen molar-refractivity contribution in [2.75, 3.05) is 4.90 Å². The minimum atomic E-state index is -0.526. The van der Waals surface area contributed by atoms with E-state index in [2.05, 4.69) is 266 Å². The molecule has 0 N–H and O–H groups in total. The summed E-state index contributed by atoms with van der Waals surface area (Å²) in [4.78, 5) is 2.57. The third kappa shape index (κ3) is 5.57. The maximum atomic E-state index is 2.57. The lowest BCUT2D eigenvalue weighted by Gasteiger charge is -2.34. The van der Waals surface area contributed by atoms with Crippen LogP contribution in [0.4, 0.5) is 17.1 Å². The normalized spacial score (nSPS) is 12.8. The molecule has 1 spiro atoms. The predicted molar refractivity (Wildman–Crippen MR) is 286 cm³/mol. The molecule has 0 aromatic heterocycles. The van der Waals surface area contributed by atoms with E-state index in [0.29, 0.717) is 0 Å². The molecular weight excluding hydrogens is 819 g/mol. The topological polar surface area (TPSA) is 3.24 Å². The molecule has 68 heavy (non-hydrogen) atoms. The Morgan fingerprint density at radius 3 is 1.29 bits per heavy atom. The van der Waals surface area contributed by atoms with E-state index in [1.54, 1.807) is 0 Å². The third-order valence-electron chi connectivity index (χ3n) is 14.9. The summed E-state index contributed by atoms with van der Waals surface area (Å²) in [5, 5.41) is 7.53. The van der Waals surface area contributed by atoms with Crippen molar-refractivity contribution in [3.63, 3.8) is 0 Å². The summed E-state index contributed by atoms with van der Waals surface area (Å²) in [6, 6.07) is 97.2. The van der Waals surface area contributed by atoms with Gasteiger partial charge >= 0.3 is 0 Å². The lowest BCUT2D eigenvalue weighted by atomic mass is 9.70. The summed E-state index contributed by atoms with van der Waals surface area (Å²) >= 11 is 0. The molecule has 0 unspecified atom stereocenters. The Labute approximate surface area is 396 Å². The fourth-order valence-corrected chi connectivity index (χ4v) is 12.0. The first-order valence-electron chi connectivity index (χ1n) is 23.7. The largest absolute Gasteiger partial charge is 0.309 e. The summed E-state index contributed by atoms with van der Waals surface area (Å²) in [5.74, 6) is 0. The van der Waals surface area contributed by atoms with Gasteiger partial charge in [-0.2, -0.15) is 0 Å². The van der Waals surface area contributed by atoms with E-state index in [9.17, 15) is 0 Å². The summed E-state index contributed by atoms with van der Waals surface area (Å²) in [6.07, 6.45) is 0. The number of rotatable bonds is 6. The van der Waals surface area contributed by atoms with Gasteiger partial charge in [0.05, 0.1) is 16.8 Å². The van der Waals surface area contributed by atoms with Gasteiger partial charge in [-0.05, 0) is 135 Å². The molecule has 0 saturated carbocycles. The van der Waals surface area contributed by atoms with Crippen molar-refractivity contribution < 1.29 is 0 Å². The molecule has 0 aliphatic heterocycles. The average Bonchev–Trinajstić information content (AvgIpc) is 3.88. The molecule has 14 rings (SSSR count). The summed E-state index contributed by atoms with van der Waals surface area (Å²) in [6.45, 7) is 0. The van der Waals surface area contributed by atoms with E-state index < -0.39 is 5.41 Å². The van der Waals surface area contributed by atoms with Gasteiger partial charge in [0.2, 0.25) is 0 Å². The molecule has 0 fully saturated rings. The molecule has 0 saturated heterocycles. The molecule has 0 heterocycles. The third-order valence-corrected chi connectivity index (χ3v) is 14.9. The van der Waals surface area contributed by atoms with Gasteiger partial charge in [-0.15, -0.1) is 0 Å². The highest BCUT2D eigenvalue weighted by Crippen LogP contribution is 2.64. The SMILES string of the molecule is c1ccc(-c2cccc(-c3cc4c(cc3N(c3ccc5c6ccccc6c6ccccc6c5c3)c3ccccc3-c3ccccc3)C3(c5ccccc5-c5ccccc53)c3ccccc3-4)c2)cc1. The standard InChI is InChI=1S/C67H43N/c1-3-20-44(21-4-1)46-24-19-25-47(40-46)58-42-60-57-33-13-17-36-63(57)67(61-34-15-11-31-55(61)56-32-12-16-35-62(56)67)64(60)43-66(58)68(65-37-18-14-26-49(65)45-22-5-2-6-23-45)48-38-39-54-52-29-8-7-27-50(52)51-28-9-10-30-53(51)59(54)41-48/h1-43H. The van der Waals surface area contributed by atoms with Crippen LogP contribution < -0.4 is 4.90 Å². The van der Waals surface area contributed by atoms with Crippen LogP contribution in [0.15, 0.2) is 261 Å². The Morgan fingerprint density at radius 2 is 0.676 bits per heavy atom. The molecule has 1 nitrogen and oxygen atoms in total. The minimum Gasteiger partial charge on any atom is -0.309 e. The number of fused-ring (bicyclic) bond motifs is 16. The molecule has 0 amide bonds. The van der Waals surface area contributed by atoms with Crippen LogP contribution in [0.3, 0.4) is 0 Å². The summed E-state index contributed by atoms with van der Waals surface area (Å²) in [5.41, 5.74) is 20.3. The van der Waals surface area contributed by atoms with Crippen LogP contribution in [-0.2, 0) is 5.41 Å². The Morgan fingerprint density at radius 1 is 0.221 bits per heavy atom. The van der Waals surface area contributed by atoms with Crippen LogP contribution in [0.1, 0.15) is 22.3 Å². The van der Waals surface area contributed by atoms with Gasteiger partial charge in [-0.3, -0.25) is 0 Å². The summed E-state index contributed by atoms with van der Waals surface area (Å²) < 4.78 is 0. The molecule has 1 heteroatoms. The van der Waals surface area contributed by atoms with Crippen molar-refractivity contribution in [3.8, 4) is 55.6 Å². The van der Waals surface area contributed by atoms with Crippen LogP contribution in [0.5, 0.6) is 0 Å². The molecule has 2 aliphatic carbocycles. The van der Waals surface area contributed by atoms with Crippen LogP contribution in [-0.4, -0.2) is 0 Å². The highest BCUT2D eigenvalue weighted by Gasteiger charge is 2.52. The van der Waals surface area contributed by atoms with Crippen molar-refractivity contribution in [3.05, 3.63) is 283 Å². The fourth-order valence-electron chi connectivity index (χ4n) is 12.0.